The second kappa shape index (κ2) is 7.80. The minimum Gasteiger partial charge on any atom is -0.468 e. The lowest BCUT2D eigenvalue weighted by atomic mass is 9.85. The number of likely N-dealkylation sites (N-methyl/N-ethyl adjacent to an activating group) is 1. The number of thioether (sulfide) groups is 1. The van der Waals surface area contributed by atoms with Gasteiger partial charge in [-0.1, -0.05) is 13.3 Å². The van der Waals surface area contributed by atoms with E-state index in [-0.39, 0.29) is 5.97 Å². The second-order valence-electron chi connectivity index (χ2n) is 5.40. The Labute approximate surface area is 131 Å². The fourth-order valence-corrected chi connectivity index (χ4v) is 4.25. The van der Waals surface area contributed by atoms with Crippen molar-refractivity contribution >= 4 is 17.7 Å². The van der Waals surface area contributed by atoms with Crippen LogP contribution < -0.4 is 5.32 Å². The van der Waals surface area contributed by atoms with Crippen LogP contribution in [0.25, 0.3) is 0 Å². The van der Waals surface area contributed by atoms with E-state index in [1.54, 1.807) is 0 Å². The summed E-state index contributed by atoms with van der Waals surface area (Å²) in [5, 5.41) is 3.41. The number of hydrogen-bond acceptors (Lipinski definition) is 5. The summed E-state index contributed by atoms with van der Waals surface area (Å²) in [4.78, 5) is 17.5. The van der Waals surface area contributed by atoms with Crippen LogP contribution in [0.1, 0.15) is 32.6 Å². The van der Waals surface area contributed by atoms with Gasteiger partial charge in [-0.05, 0) is 49.6 Å². The third-order valence-corrected chi connectivity index (χ3v) is 5.29. The van der Waals surface area contributed by atoms with E-state index in [1.807, 2.05) is 43.2 Å². The van der Waals surface area contributed by atoms with E-state index in [4.69, 9.17) is 4.74 Å². The number of carbonyl (C=O) groups excluding carboxylic acids is 1. The van der Waals surface area contributed by atoms with Gasteiger partial charge in [0.15, 0.2) is 0 Å². The summed E-state index contributed by atoms with van der Waals surface area (Å²) in [5.41, 5.74) is -0.470. The van der Waals surface area contributed by atoms with Crippen LogP contribution in [-0.4, -0.2) is 35.9 Å². The molecule has 0 radical (unpaired) electrons. The number of aromatic nitrogens is 1. The van der Waals surface area contributed by atoms with E-state index in [9.17, 15) is 4.79 Å². The van der Waals surface area contributed by atoms with Crippen molar-refractivity contribution in [3.05, 3.63) is 24.5 Å². The molecule has 5 heteroatoms. The SMILES string of the molecule is CCNC1(C(=O)OC)CCCC1CCSc1ccncc1. The van der Waals surface area contributed by atoms with E-state index in [1.165, 1.54) is 12.0 Å². The first-order chi connectivity index (χ1) is 10.2. The van der Waals surface area contributed by atoms with Gasteiger partial charge in [-0.2, -0.15) is 0 Å². The normalized spacial score (nSPS) is 25.0. The molecule has 2 unspecified atom stereocenters. The number of methoxy groups -OCH3 is 1. The maximum Gasteiger partial charge on any atom is 0.326 e. The van der Waals surface area contributed by atoms with Gasteiger partial charge in [0.25, 0.3) is 0 Å². The predicted molar refractivity (Wildman–Crippen MR) is 85.3 cm³/mol. The summed E-state index contributed by atoms with van der Waals surface area (Å²) in [6.07, 6.45) is 7.73. The fourth-order valence-electron chi connectivity index (χ4n) is 3.29. The zero-order valence-electron chi connectivity index (χ0n) is 12.8. The number of nitrogens with zero attached hydrogens (tertiary/aromatic N) is 1. The number of ether oxygens (including phenoxy) is 1. The Morgan fingerprint density at radius 2 is 2.29 bits per heavy atom. The van der Waals surface area contributed by atoms with Crippen molar-refractivity contribution in [3.63, 3.8) is 0 Å². The number of hydrogen-bond donors (Lipinski definition) is 1. The highest BCUT2D eigenvalue weighted by Crippen LogP contribution is 2.40. The Kier molecular flexibility index (Phi) is 6.06. The minimum absolute atomic E-state index is 0.0965. The van der Waals surface area contributed by atoms with Gasteiger partial charge < -0.3 is 10.1 Å². The van der Waals surface area contributed by atoms with Crippen LogP contribution in [0.5, 0.6) is 0 Å². The maximum atomic E-state index is 12.3. The molecule has 1 fully saturated rings. The zero-order valence-corrected chi connectivity index (χ0v) is 13.6. The summed E-state index contributed by atoms with van der Waals surface area (Å²) >= 11 is 1.83. The van der Waals surface area contributed by atoms with Crippen LogP contribution in [0.3, 0.4) is 0 Å². The average molecular weight is 308 g/mol. The highest BCUT2D eigenvalue weighted by atomic mass is 32.2. The topological polar surface area (TPSA) is 51.2 Å². The summed E-state index contributed by atoms with van der Waals surface area (Å²) in [7, 11) is 1.49. The summed E-state index contributed by atoms with van der Waals surface area (Å²) in [5.74, 6) is 1.28. The summed E-state index contributed by atoms with van der Waals surface area (Å²) < 4.78 is 5.07. The first-order valence-electron chi connectivity index (χ1n) is 7.59. The Balaban J connectivity index is 1.95. The van der Waals surface area contributed by atoms with Crippen LogP contribution in [0.4, 0.5) is 0 Å². The minimum atomic E-state index is -0.470. The van der Waals surface area contributed by atoms with Gasteiger partial charge in [0.2, 0.25) is 0 Å². The largest absolute Gasteiger partial charge is 0.468 e. The number of rotatable bonds is 7. The van der Waals surface area contributed by atoms with E-state index in [2.05, 4.69) is 10.3 Å². The van der Waals surface area contributed by atoms with E-state index in [0.717, 1.165) is 38.0 Å². The molecule has 1 N–H and O–H groups in total. The molecule has 1 aliphatic rings. The van der Waals surface area contributed by atoms with Gasteiger partial charge in [0, 0.05) is 17.3 Å². The molecule has 1 aromatic rings. The van der Waals surface area contributed by atoms with E-state index < -0.39 is 5.54 Å². The van der Waals surface area contributed by atoms with Gasteiger partial charge >= 0.3 is 5.97 Å². The molecule has 1 aliphatic carbocycles. The van der Waals surface area contributed by atoms with Gasteiger partial charge in [0.05, 0.1) is 7.11 Å². The molecule has 1 aromatic heterocycles. The number of nitrogens with one attached hydrogen (secondary N) is 1. The van der Waals surface area contributed by atoms with Crippen molar-refractivity contribution < 1.29 is 9.53 Å². The lowest BCUT2D eigenvalue weighted by Crippen LogP contribution is -2.55. The quantitative estimate of drug-likeness (QED) is 0.620. The van der Waals surface area contributed by atoms with Crippen molar-refractivity contribution in [3.8, 4) is 0 Å². The molecule has 1 heterocycles. The Morgan fingerprint density at radius 3 is 2.95 bits per heavy atom. The van der Waals surface area contributed by atoms with Crippen LogP contribution in [0.15, 0.2) is 29.4 Å². The van der Waals surface area contributed by atoms with Crippen LogP contribution in [-0.2, 0) is 9.53 Å². The average Bonchev–Trinajstić information content (AvgIpc) is 2.92. The molecule has 0 spiro atoms. The van der Waals surface area contributed by atoms with E-state index in [0.29, 0.717) is 5.92 Å². The molecule has 0 aromatic carbocycles. The fraction of sp³-hybridized carbons (Fsp3) is 0.625. The highest BCUT2D eigenvalue weighted by molar-refractivity contribution is 7.99. The third-order valence-electron chi connectivity index (χ3n) is 4.25. The molecule has 0 bridgehead atoms. The molecular weight excluding hydrogens is 284 g/mol. The molecule has 2 atom stereocenters. The van der Waals surface area contributed by atoms with Crippen molar-refractivity contribution in [2.45, 2.75) is 43.0 Å². The molecule has 2 rings (SSSR count). The van der Waals surface area contributed by atoms with E-state index >= 15 is 0 Å². The van der Waals surface area contributed by atoms with Gasteiger partial charge in [-0.25, -0.2) is 0 Å². The number of carbonyl (C=O) groups is 1. The van der Waals surface area contributed by atoms with Crippen molar-refractivity contribution in [2.75, 3.05) is 19.4 Å². The van der Waals surface area contributed by atoms with Crippen molar-refractivity contribution in [1.82, 2.24) is 10.3 Å². The zero-order chi connectivity index (χ0) is 15.1. The summed E-state index contributed by atoms with van der Waals surface area (Å²) in [6, 6.07) is 4.05. The van der Waals surface area contributed by atoms with Crippen LogP contribution in [0, 0.1) is 5.92 Å². The number of esters is 1. The van der Waals surface area contributed by atoms with Gasteiger partial charge in [0.1, 0.15) is 5.54 Å². The second-order valence-corrected chi connectivity index (χ2v) is 6.57. The molecule has 0 saturated heterocycles. The Morgan fingerprint density at radius 1 is 1.52 bits per heavy atom. The van der Waals surface area contributed by atoms with Gasteiger partial charge in [-0.3, -0.25) is 9.78 Å². The standard InChI is InChI=1S/C16H24N2O2S/c1-3-18-16(15(19)20-2)9-4-5-13(16)8-12-21-14-6-10-17-11-7-14/h6-7,10-11,13,18H,3-5,8-9,12H2,1-2H3. The first-order valence-corrected chi connectivity index (χ1v) is 8.57. The Bertz CT molecular complexity index is 455. The van der Waals surface area contributed by atoms with Crippen LogP contribution >= 0.6 is 11.8 Å². The molecule has 116 valence electrons. The maximum absolute atomic E-state index is 12.3. The Hall–Kier alpha value is -1.07. The molecular formula is C16H24N2O2S. The summed E-state index contributed by atoms with van der Waals surface area (Å²) in [6.45, 7) is 2.84. The first kappa shape index (κ1) is 16.3. The smallest absolute Gasteiger partial charge is 0.326 e. The molecule has 0 aliphatic heterocycles. The highest BCUT2D eigenvalue weighted by Gasteiger charge is 2.48. The van der Waals surface area contributed by atoms with Crippen LogP contribution in [0.2, 0.25) is 0 Å². The van der Waals surface area contributed by atoms with Crippen molar-refractivity contribution in [1.29, 1.82) is 0 Å². The monoisotopic (exact) mass is 308 g/mol. The molecule has 1 saturated carbocycles. The molecule has 0 amide bonds. The van der Waals surface area contributed by atoms with Gasteiger partial charge in [-0.15, -0.1) is 11.8 Å². The predicted octanol–water partition coefficient (Wildman–Crippen LogP) is 2.89. The lowest BCUT2D eigenvalue weighted by Gasteiger charge is -2.33. The third kappa shape index (κ3) is 3.77. The molecule has 4 nitrogen and oxygen atoms in total. The molecule has 21 heavy (non-hydrogen) atoms. The number of pyridine rings is 1. The lowest BCUT2D eigenvalue weighted by molar-refractivity contribution is -0.150. The van der Waals surface area contributed by atoms with Crippen molar-refractivity contribution in [2.24, 2.45) is 5.92 Å².